The van der Waals surface area contributed by atoms with E-state index in [0.29, 0.717) is 17.2 Å². The van der Waals surface area contributed by atoms with Gasteiger partial charge in [0, 0.05) is 35.7 Å². The number of hydrogen-bond donors (Lipinski definition) is 1. The van der Waals surface area contributed by atoms with E-state index in [4.69, 9.17) is 4.74 Å². The summed E-state index contributed by atoms with van der Waals surface area (Å²) >= 11 is 0. The first-order valence-electron chi connectivity index (χ1n) is 10.5. The lowest BCUT2D eigenvalue weighted by Crippen LogP contribution is -2.33. The summed E-state index contributed by atoms with van der Waals surface area (Å²) in [5, 5.41) is 2.85. The van der Waals surface area contributed by atoms with Crippen LogP contribution >= 0.6 is 0 Å². The SMILES string of the molecule is O=C(NCCc1nc(C2CC2)cc(C(F)(F)F)n1)C1c2ccccc2Oc2ccccc21. The second-order valence-electron chi connectivity index (χ2n) is 8.02. The van der Waals surface area contributed by atoms with Crippen molar-refractivity contribution in [2.24, 2.45) is 0 Å². The summed E-state index contributed by atoms with van der Waals surface area (Å²) in [6.07, 6.45) is -2.73. The van der Waals surface area contributed by atoms with Crippen LogP contribution < -0.4 is 10.1 Å². The van der Waals surface area contributed by atoms with E-state index in [2.05, 4.69) is 15.3 Å². The number of halogens is 3. The van der Waals surface area contributed by atoms with Gasteiger partial charge in [0.15, 0.2) is 0 Å². The molecule has 5 nitrogen and oxygen atoms in total. The average Bonchev–Trinajstić information content (AvgIpc) is 3.62. The molecule has 1 aromatic heterocycles. The maximum Gasteiger partial charge on any atom is 0.433 e. The molecule has 0 radical (unpaired) electrons. The smallest absolute Gasteiger partial charge is 0.433 e. The van der Waals surface area contributed by atoms with Gasteiger partial charge in [-0.25, -0.2) is 9.97 Å². The van der Waals surface area contributed by atoms with Crippen LogP contribution in [0.1, 0.15) is 53.0 Å². The first kappa shape index (κ1) is 20.5. The molecule has 1 amide bonds. The molecule has 32 heavy (non-hydrogen) atoms. The number of benzene rings is 2. The molecule has 1 aliphatic carbocycles. The van der Waals surface area contributed by atoms with Gasteiger partial charge in [-0.1, -0.05) is 36.4 Å². The van der Waals surface area contributed by atoms with E-state index in [1.54, 1.807) is 12.1 Å². The topological polar surface area (TPSA) is 64.1 Å². The molecule has 1 fully saturated rings. The molecule has 0 spiro atoms. The summed E-state index contributed by atoms with van der Waals surface area (Å²) in [4.78, 5) is 21.1. The molecule has 164 valence electrons. The van der Waals surface area contributed by atoms with Crippen LogP contribution in [0.5, 0.6) is 11.5 Å². The van der Waals surface area contributed by atoms with Gasteiger partial charge in [0.1, 0.15) is 23.0 Å². The lowest BCUT2D eigenvalue weighted by Gasteiger charge is -2.27. The number of carbonyl (C=O) groups is 1. The van der Waals surface area contributed by atoms with Crippen LogP contribution in [0.15, 0.2) is 54.6 Å². The summed E-state index contributed by atoms with van der Waals surface area (Å²) in [5.41, 5.74) is 0.994. The van der Waals surface area contributed by atoms with Crippen LogP contribution in [-0.4, -0.2) is 22.4 Å². The largest absolute Gasteiger partial charge is 0.457 e. The fraction of sp³-hybridized carbons (Fsp3) is 0.292. The molecule has 8 heteroatoms. The number of carbonyl (C=O) groups excluding carboxylic acids is 1. The summed E-state index contributed by atoms with van der Waals surface area (Å²) in [6.45, 7) is 0.131. The van der Waals surface area contributed by atoms with Crippen LogP contribution in [0.2, 0.25) is 0 Å². The summed E-state index contributed by atoms with van der Waals surface area (Å²) in [6, 6.07) is 15.7. The number of ether oxygens (including phenoxy) is 1. The predicted octanol–water partition coefficient (Wildman–Crippen LogP) is 4.97. The predicted molar refractivity (Wildman–Crippen MR) is 111 cm³/mol. The van der Waals surface area contributed by atoms with Crippen LogP contribution in [0.3, 0.4) is 0 Å². The maximum absolute atomic E-state index is 13.2. The molecule has 2 aliphatic rings. The summed E-state index contributed by atoms with van der Waals surface area (Å²) < 4.78 is 45.6. The van der Waals surface area contributed by atoms with Gasteiger partial charge < -0.3 is 10.1 Å². The first-order valence-corrected chi connectivity index (χ1v) is 10.5. The van der Waals surface area contributed by atoms with Gasteiger partial charge in [-0.05, 0) is 31.0 Å². The maximum atomic E-state index is 13.2. The van der Waals surface area contributed by atoms with E-state index in [1.165, 1.54) is 0 Å². The fourth-order valence-electron chi connectivity index (χ4n) is 3.95. The fourth-order valence-corrected chi connectivity index (χ4v) is 3.95. The van der Waals surface area contributed by atoms with Crippen molar-refractivity contribution in [1.82, 2.24) is 15.3 Å². The van der Waals surface area contributed by atoms with Crippen LogP contribution in [0.4, 0.5) is 13.2 Å². The number of alkyl halides is 3. The third-order valence-electron chi connectivity index (χ3n) is 5.67. The Bertz CT molecular complexity index is 1130. The Labute approximate surface area is 182 Å². The van der Waals surface area contributed by atoms with Gasteiger partial charge in [-0.3, -0.25) is 4.79 Å². The van der Waals surface area contributed by atoms with Crippen LogP contribution in [0, 0.1) is 0 Å². The molecule has 1 saturated carbocycles. The highest BCUT2D eigenvalue weighted by Crippen LogP contribution is 2.44. The Morgan fingerprint density at radius 2 is 1.62 bits per heavy atom. The van der Waals surface area contributed by atoms with Gasteiger partial charge in [0.05, 0.1) is 5.92 Å². The number of amides is 1. The Morgan fingerprint density at radius 3 is 2.22 bits per heavy atom. The van der Waals surface area contributed by atoms with Gasteiger partial charge in [-0.15, -0.1) is 0 Å². The minimum Gasteiger partial charge on any atom is -0.457 e. The lowest BCUT2D eigenvalue weighted by molar-refractivity contribution is -0.141. The van der Waals surface area contributed by atoms with Crippen molar-refractivity contribution >= 4 is 5.91 Å². The molecule has 1 N–H and O–H groups in total. The number of hydrogen-bond acceptors (Lipinski definition) is 4. The van der Waals surface area contributed by atoms with E-state index < -0.39 is 17.8 Å². The molecule has 0 atom stereocenters. The Balaban J connectivity index is 1.34. The highest BCUT2D eigenvalue weighted by molar-refractivity contribution is 5.89. The zero-order valence-electron chi connectivity index (χ0n) is 17.0. The first-order chi connectivity index (χ1) is 15.4. The molecule has 0 bridgehead atoms. The highest BCUT2D eigenvalue weighted by atomic mass is 19.4. The molecule has 0 unspecified atom stereocenters. The quantitative estimate of drug-likeness (QED) is 0.610. The van der Waals surface area contributed by atoms with Crippen molar-refractivity contribution in [1.29, 1.82) is 0 Å². The molecule has 2 heterocycles. The monoisotopic (exact) mass is 439 g/mol. The van der Waals surface area contributed by atoms with E-state index >= 15 is 0 Å². The number of aromatic nitrogens is 2. The number of rotatable bonds is 5. The van der Waals surface area contributed by atoms with Crippen molar-refractivity contribution < 1.29 is 22.7 Å². The second-order valence-corrected chi connectivity index (χ2v) is 8.02. The van der Waals surface area contributed by atoms with Crippen molar-refractivity contribution in [3.8, 4) is 11.5 Å². The molecule has 1 aliphatic heterocycles. The molecular weight excluding hydrogens is 419 g/mol. The van der Waals surface area contributed by atoms with E-state index in [0.717, 1.165) is 30.0 Å². The standard InChI is InChI=1S/C24H20F3N3O2/c25-24(26,27)20-13-17(14-9-10-14)29-21(30-20)11-12-28-23(31)22-15-5-1-3-7-18(15)32-19-8-4-2-6-16(19)22/h1-8,13-14,22H,9-12H2,(H,28,31). The van der Waals surface area contributed by atoms with Crippen LogP contribution in [0.25, 0.3) is 0 Å². The van der Waals surface area contributed by atoms with Crippen molar-refractivity contribution in [3.63, 3.8) is 0 Å². The molecule has 2 aromatic carbocycles. The summed E-state index contributed by atoms with van der Waals surface area (Å²) in [5.74, 6) is 0.573. The minimum atomic E-state index is -4.53. The normalized spacial score (nSPS) is 15.5. The Morgan fingerprint density at radius 1 is 1.00 bits per heavy atom. The average molecular weight is 439 g/mol. The Kier molecular flexibility index (Phi) is 5.07. The van der Waals surface area contributed by atoms with Crippen molar-refractivity contribution in [3.05, 3.63) is 82.9 Å². The van der Waals surface area contributed by atoms with Crippen molar-refractivity contribution in [2.45, 2.75) is 37.3 Å². The van der Waals surface area contributed by atoms with Crippen LogP contribution in [-0.2, 0) is 17.4 Å². The van der Waals surface area contributed by atoms with Crippen molar-refractivity contribution in [2.75, 3.05) is 6.54 Å². The molecule has 5 rings (SSSR count). The zero-order valence-corrected chi connectivity index (χ0v) is 17.0. The Hall–Kier alpha value is -3.42. The molecule has 0 saturated heterocycles. The van der Waals surface area contributed by atoms with E-state index in [9.17, 15) is 18.0 Å². The lowest BCUT2D eigenvalue weighted by atomic mass is 9.87. The van der Waals surface area contributed by atoms with Gasteiger partial charge in [0.25, 0.3) is 0 Å². The minimum absolute atomic E-state index is 0.0719. The van der Waals surface area contributed by atoms with E-state index in [-0.39, 0.29) is 30.6 Å². The number of nitrogens with zero attached hydrogens (tertiary/aromatic N) is 2. The summed E-state index contributed by atoms with van der Waals surface area (Å²) in [7, 11) is 0. The number of para-hydroxylation sites is 2. The van der Waals surface area contributed by atoms with Gasteiger partial charge >= 0.3 is 6.18 Å². The molecule has 3 aromatic rings. The number of nitrogens with one attached hydrogen (secondary N) is 1. The number of fused-ring (bicyclic) bond motifs is 2. The zero-order chi connectivity index (χ0) is 22.3. The van der Waals surface area contributed by atoms with Gasteiger partial charge in [0.2, 0.25) is 5.91 Å². The molecular formula is C24H20F3N3O2. The van der Waals surface area contributed by atoms with E-state index in [1.807, 2.05) is 36.4 Å². The second kappa shape index (κ2) is 7.93. The third kappa shape index (κ3) is 4.04. The highest BCUT2D eigenvalue weighted by Gasteiger charge is 2.36. The van der Waals surface area contributed by atoms with Gasteiger partial charge in [-0.2, -0.15) is 13.2 Å². The third-order valence-corrected chi connectivity index (χ3v) is 5.67.